The second kappa shape index (κ2) is 8.06. The van der Waals surface area contributed by atoms with Crippen molar-refractivity contribution < 1.29 is 18.3 Å². The Morgan fingerprint density at radius 2 is 1.95 bits per heavy atom. The lowest BCUT2D eigenvalue weighted by Crippen LogP contribution is -2.25. The van der Waals surface area contributed by atoms with Gasteiger partial charge in [0.2, 0.25) is 0 Å². The molecule has 1 aliphatic rings. The third-order valence-electron chi connectivity index (χ3n) is 4.08. The summed E-state index contributed by atoms with van der Waals surface area (Å²) in [6.45, 7) is 2.15. The van der Waals surface area contributed by atoms with Gasteiger partial charge in [0.25, 0.3) is 0 Å². The first-order valence-corrected chi connectivity index (χ1v) is 7.93. The van der Waals surface area contributed by atoms with Gasteiger partial charge in [-0.3, -0.25) is 4.79 Å². The number of unbranched alkanes of at least 4 members (excludes halogenated alkanes) is 1. The van der Waals surface area contributed by atoms with E-state index in [9.17, 15) is 13.6 Å². The molecule has 0 amide bonds. The highest BCUT2D eigenvalue weighted by Crippen LogP contribution is 2.31. The smallest absolute Gasteiger partial charge is 0.314 e. The Morgan fingerprint density at radius 1 is 1.23 bits per heavy atom. The number of benzene rings is 1. The van der Waals surface area contributed by atoms with Crippen LogP contribution < -0.4 is 4.74 Å². The van der Waals surface area contributed by atoms with Crippen LogP contribution in [-0.4, -0.2) is 5.97 Å². The Bertz CT molecular complexity index is 532. The molecule has 1 aromatic rings. The lowest BCUT2D eigenvalue weighted by atomic mass is 9.82. The standard InChI is InChI=1S/C18H22F2O2/c1-2-3-4-5-13-6-8-14(9-7-13)18(21)22-15-10-11-16(19)17(20)12-15/h4-5,10-14H,2-3,6-9H2,1H3/b5-4+/t13-,14-. The zero-order valence-corrected chi connectivity index (χ0v) is 12.9. The summed E-state index contributed by atoms with van der Waals surface area (Å²) in [5.74, 6) is -1.84. The maximum atomic E-state index is 13.1. The molecule has 0 aromatic heterocycles. The van der Waals surface area contributed by atoms with Crippen molar-refractivity contribution in [1.29, 1.82) is 0 Å². The molecule has 4 heteroatoms. The molecule has 0 atom stereocenters. The lowest BCUT2D eigenvalue weighted by Gasteiger charge is -2.25. The van der Waals surface area contributed by atoms with Crippen LogP contribution in [0.2, 0.25) is 0 Å². The minimum absolute atomic E-state index is 0.0638. The fourth-order valence-electron chi connectivity index (χ4n) is 2.74. The maximum absolute atomic E-state index is 13.1. The number of carbonyl (C=O) groups excluding carboxylic acids is 1. The van der Waals surface area contributed by atoms with Gasteiger partial charge in [0, 0.05) is 6.07 Å². The van der Waals surface area contributed by atoms with Crippen molar-refractivity contribution in [2.24, 2.45) is 11.8 Å². The maximum Gasteiger partial charge on any atom is 0.314 e. The van der Waals surface area contributed by atoms with Crippen LogP contribution in [0.3, 0.4) is 0 Å². The molecule has 0 radical (unpaired) electrons. The second-order valence-corrected chi connectivity index (χ2v) is 5.83. The molecule has 0 bridgehead atoms. The van der Waals surface area contributed by atoms with E-state index in [1.165, 1.54) is 6.07 Å². The number of hydrogen-bond acceptors (Lipinski definition) is 2. The van der Waals surface area contributed by atoms with Crippen LogP contribution in [0.15, 0.2) is 30.4 Å². The third-order valence-corrected chi connectivity index (χ3v) is 4.08. The van der Waals surface area contributed by atoms with E-state index >= 15 is 0 Å². The molecule has 120 valence electrons. The predicted octanol–water partition coefficient (Wildman–Crippen LogP) is 5.03. The van der Waals surface area contributed by atoms with Crippen molar-refractivity contribution in [3.8, 4) is 5.75 Å². The summed E-state index contributed by atoms with van der Waals surface area (Å²) in [6, 6.07) is 3.15. The van der Waals surface area contributed by atoms with Crippen molar-refractivity contribution >= 4 is 5.97 Å². The molecule has 1 saturated carbocycles. The average Bonchev–Trinajstić information content (AvgIpc) is 2.52. The van der Waals surface area contributed by atoms with Crippen molar-refractivity contribution in [2.75, 3.05) is 0 Å². The molecule has 1 aromatic carbocycles. The summed E-state index contributed by atoms with van der Waals surface area (Å²) in [5.41, 5.74) is 0. The van der Waals surface area contributed by atoms with Gasteiger partial charge in [0.05, 0.1) is 5.92 Å². The van der Waals surface area contributed by atoms with Gasteiger partial charge in [0.15, 0.2) is 11.6 Å². The first-order chi connectivity index (χ1) is 10.6. The molecule has 0 spiro atoms. The molecule has 0 N–H and O–H groups in total. The molecular formula is C18H22F2O2. The van der Waals surface area contributed by atoms with E-state index in [1.54, 1.807) is 0 Å². The Balaban J connectivity index is 1.83. The van der Waals surface area contributed by atoms with Crippen LogP contribution in [0.5, 0.6) is 5.75 Å². The Hall–Kier alpha value is -1.71. The fraction of sp³-hybridized carbons (Fsp3) is 0.500. The van der Waals surface area contributed by atoms with Crippen molar-refractivity contribution in [2.45, 2.75) is 45.4 Å². The van der Waals surface area contributed by atoms with Gasteiger partial charge >= 0.3 is 5.97 Å². The molecule has 1 aliphatic carbocycles. The molecule has 1 fully saturated rings. The Kier molecular flexibility index (Phi) is 6.10. The van der Waals surface area contributed by atoms with E-state index in [-0.39, 0.29) is 17.6 Å². The number of rotatable bonds is 5. The van der Waals surface area contributed by atoms with Crippen LogP contribution in [-0.2, 0) is 4.79 Å². The molecule has 0 heterocycles. The third kappa shape index (κ3) is 4.65. The van der Waals surface area contributed by atoms with E-state index in [4.69, 9.17) is 4.74 Å². The van der Waals surface area contributed by atoms with Crippen molar-refractivity contribution in [3.63, 3.8) is 0 Å². The summed E-state index contributed by atoms with van der Waals surface area (Å²) in [5, 5.41) is 0. The van der Waals surface area contributed by atoms with E-state index < -0.39 is 11.6 Å². The topological polar surface area (TPSA) is 26.3 Å². The Labute approximate surface area is 130 Å². The summed E-state index contributed by atoms with van der Waals surface area (Å²) >= 11 is 0. The van der Waals surface area contributed by atoms with E-state index in [0.717, 1.165) is 50.7 Å². The highest BCUT2D eigenvalue weighted by molar-refractivity contribution is 5.75. The molecular weight excluding hydrogens is 286 g/mol. The number of esters is 1. The molecule has 22 heavy (non-hydrogen) atoms. The predicted molar refractivity (Wildman–Crippen MR) is 81.5 cm³/mol. The zero-order valence-electron chi connectivity index (χ0n) is 12.9. The van der Waals surface area contributed by atoms with Crippen molar-refractivity contribution in [1.82, 2.24) is 0 Å². The summed E-state index contributed by atoms with van der Waals surface area (Å²) in [4.78, 5) is 12.1. The normalized spacial score (nSPS) is 22.0. The highest BCUT2D eigenvalue weighted by Gasteiger charge is 2.26. The minimum Gasteiger partial charge on any atom is -0.426 e. The van der Waals surface area contributed by atoms with E-state index in [0.29, 0.717) is 5.92 Å². The second-order valence-electron chi connectivity index (χ2n) is 5.83. The van der Waals surface area contributed by atoms with Gasteiger partial charge < -0.3 is 4.74 Å². The van der Waals surface area contributed by atoms with Gasteiger partial charge in [-0.25, -0.2) is 8.78 Å². The van der Waals surface area contributed by atoms with Crippen molar-refractivity contribution in [3.05, 3.63) is 42.0 Å². The van der Waals surface area contributed by atoms with Gasteiger partial charge in [-0.2, -0.15) is 0 Å². The fourth-order valence-corrected chi connectivity index (χ4v) is 2.74. The van der Waals surface area contributed by atoms with Gasteiger partial charge in [-0.05, 0) is 50.2 Å². The highest BCUT2D eigenvalue weighted by atomic mass is 19.2. The number of ether oxygens (including phenoxy) is 1. The molecule has 0 unspecified atom stereocenters. The number of hydrogen-bond donors (Lipinski definition) is 0. The molecule has 2 rings (SSSR count). The van der Waals surface area contributed by atoms with Crippen LogP contribution in [0, 0.1) is 23.5 Å². The average molecular weight is 308 g/mol. The number of carbonyl (C=O) groups is 1. The number of allylic oxidation sites excluding steroid dienone is 2. The molecule has 0 aliphatic heterocycles. The van der Waals surface area contributed by atoms with E-state index in [1.807, 2.05) is 0 Å². The lowest BCUT2D eigenvalue weighted by molar-refractivity contribution is -0.140. The molecule has 2 nitrogen and oxygen atoms in total. The van der Waals surface area contributed by atoms with Crippen LogP contribution in [0.1, 0.15) is 45.4 Å². The number of halogens is 2. The van der Waals surface area contributed by atoms with Crippen LogP contribution >= 0.6 is 0 Å². The van der Waals surface area contributed by atoms with E-state index in [2.05, 4.69) is 19.1 Å². The first kappa shape index (κ1) is 16.7. The SMILES string of the molecule is CCC/C=C/[C@H]1CC[C@H](C(=O)Oc2ccc(F)c(F)c2)CC1. The largest absolute Gasteiger partial charge is 0.426 e. The van der Waals surface area contributed by atoms with Crippen LogP contribution in [0.4, 0.5) is 8.78 Å². The Morgan fingerprint density at radius 3 is 2.59 bits per heavy atom. The summed E-state index contributed by atoms with van der Waals surface area (Å²) in [7, 11) is 0. The zero-order chi connectivity index (χ0) is 15.9. The minimum atomic E-state index is -1.00. The monoisotopic (exact) mass is 308 g/mol. The summed E-state index contributed by atoms with van der Waals surface area (Å²) < 4.78 is 31.1. The van der Waals surface area contributed by atoms with Crippen LogP contribution in [0.25, 0.3) is 0 Å². The first-order valence-electron chi connectivity index (χ1n) is 7.93. The molecule has 0 saturated heterocycles. The van der Waals surface area contributed by atoms with Gasteiger partial charge in [-0.15, -0.1) is 0 Å². The quantitative estimate of drug-likeness (QED) is 0.433. The van der Waals surface area contributed by atoms with Gasteiger partial charge in [-0.1, -0.05) is 25.5 Å². The van der Waals surface area contributed by atoms with Gasteiger partial charge in [0.1, 0.15) is 5.75 Å². The summed E-state index contributed by atoms with van der Waals surface area (Å²) in [6.07, 6.45) is 10.2.